The van der Waals surface area contributed by atoms with Crippen LogP contribution in [-0.2, 0) is 10.2 Å². The maximum Gasteiger partial charge on any atom is 0.299 e. The molecule has 0 radical (unpaired) electrons. The second kappa shape index (κ2) is 5.24. The highest BCUT2D eigenvalue weighted by Gasteiger charge is 2.27. The number of amidine groups is 1. The number of benzene rings is 1. The fourth-order valence-corrected chi connectivity index (χ4v) is 2.89. The van der Waals surface area contributed by atoms with Gasteiger partial charge >= 0.3 is 0 Å². The fraction of sp³-hybridized carbons (Fsp3) is 0.300. The van der Waals surface area contributed by atoms with Crippen LogP contribution in [0, 0.1) is 0 Å². The summed E-state index contributed by atoms with van der Waals surface area (Å²) in [6.45, 7) is 0. The summed E-state index contributed by atoms with van der Waals surface area (Å²) < 4.78 is 28.2. The Morgan fingerprint density at radius 1 is 1.47 bits per heavy atom. The number of halogens is 1. The van der Waals surface area contributed by atoms with Gasteiger partial charge in [-0.05, 0) is 31.0 Å². The second-order valence-corrected chi connectivity index (χ2v) is 6.03. The number of hydrogen-bond donors (Lipinski definition) is 4. The topological polar surface area (TPSA) is 117 Å². The van der Waals surface area contributed by atoms with Gasteiger partial charge in [-0.3, -0.25) is 4.72 Å². The number of nitrogens with zero attached hydrogens (tertiary/aromatic N) is 1. The van der Waals surface area contributed by atoms with Gasteiger partial charge in [0.05, 0.1) is 10.7 Å². The van der Waals surface area contributed by atoms with Crippen molar-refractivity contribution in [2.24, 2.45) is 10.9 Å². The Bertz CT molecular complexity index is 613. The van der Waals surface area contributed by atoms with Crippen LogP contribution in [0.2, 0.25) is 5.02 Å². The third kappa shape index (κ3) is 3.72. The minimum atomic E-state index is -3.63. The lowest BCUT2D eigenvalue weighted by atomic mass is 10.2. The quantitative estimate of drug-likeness (QED) is 0.279. The molecule has 0 spiro atoms. The van der Waals surface area contributed by atoms with Crippen molar-refractivity contribution < 1.29 is 13.6 Å². The van der Waals surface area contributed by atoms with E-state index in [1.807, 2.05) is 0 Å². The molecule has 0 atom stereocenters. The first-order valence-corrected chi connectivity index (χ1v) is 7.35. The Morgan fingerprint density at radius 2 is 2.16 bits per heavy atom. The van der Waals surface area contributed by atoms with Crippen molar-refractivity contribution in [1.29, 1.82) is 0 Å². The zero-order chi connectivity index (χ0) is 14.0. The molecule has 5 N–H and O–H groups in total. The zero-order valence-electron chi connectivity index (χ0n) is 9.80. The summed E-state index contributed by atoms with van der Waals surface area (Å²) in [6, 6.07) is 4.36. The predicted molar refractivity (Wildman–Crippen MR) is 72.7 cm³/mol. The van der Waals surface area contributed by atoms with Crippen LogP contribution >= 0.6 is 11.6 Å². The van der Waals surface area contributed by atoms with Crippen molar-refractivity contribution in [3.8, 4) is 0 Å². The molecule has 0 unspecified atom stereocenters. The van der Waals surface area contributed by atoms with Crippen LogP contribution in [0.1, 0.15) is 18.4 Å². The Hall–Kier alpha value is -1.51. The molecule has 1 saturated carbocycles. The van der Waals surface area contributed by atoms with Gasteiger partial charge in [-0.1, -0.05) is 16.8 Å². The van der Waals surface area contributed by atoms with Gasteiger partial charge < -0.3 is 10.9 Å². The molecule has 7 nitrogen and oxygen atoms in total. The fourth-order valence-electron chi connectivity index (χ4n) is 1.41. The summed E-state index contributed by atoms with van der Waals surface area (Å²) >= 11 is 5.94. The third-order valence-electron chi connectivity index (χ3n) is 2.52. The summed E-state index contributed by atoms with van der Waals surface area (Å²) in [5, 5.41) is 11.5. The van der Waals surface area contributed by atoms with Gasteiger partial charge in [0.1, 0.15) is 0 Å². The van der Waals surface area contributed by atoms with Gasteiger partial charge in [0.15, 0.2) is 5.84 Å². The Kier molecular flexibility index (Phi) is 3.83. The molecule has 1 aliphatic rings. The number of nitrogens with two attached hydrogens (primary N) is 1. The molecule has 9 heteroatoms. The first-order valence-electron chi connectivity index (χ1n) is 5.49. The van der Waals surface area contributed by atoms with Gasteiger partial charge in [0.2, 0.25) is 0 Å². The molecule has 2 rings (SSSR count). The first-order chi connectivity index (χ1) is 8.91. The van der Waals surface area contributed by atoms with Crippen LogP contribution in [-0.4, -0.2) is 25.5 Å². The highest BCUT2D eigenvalue weighted by molar-refractivity contribution is 7.90. The van der Waals surface area contributed by atoms with E-state index in [0.717, 1.165) is 12.8 Å². The highest BCUT2D eigenvalue weighted by atomic mass is 35.5. The molecule has 104 valence electrons. The number of oxime groups is 1. The zero-order valence-corrected chi connectivity index (χ0v) is 11.4. The largest absolute Gasteiger partial charge is 0.409 e. The first kappa shape index (κ1) is 13.9. The van der Waals surface area contributed by atoms with Crippen molar-refractivity contribution in [1.82, 2.24) is 4.72 Å². The summed E-state index contributed by atoms with van der Waals surface area (Å²) in [7, 11) is -3.63. The monoisotopic (exact) mass is 304 g/mol. The Morgan fingerprint density at radius 3 is 2.68 bits per heavy atom. The number of nitrogens with one attached hydrogen (secondary N) is 2. The Labute approximate surface area is 115 Å². The number of hydrogen-bond acceptors (Lipinski definition) is 4. The van der Waals surface area contributed by atoms with E-state index in [2.05, 4.69) is 14.6 Å². The van der Waals surface area contributed by atoms with E-state index in [1.54, 1.807) is 0 Å². The van der Waals surface area contributed by atoms with Crippen LogP contribution in [0.15, 0.2) is 23.4 Å². The number of anilines is 1. The van der Waals surface area contributed by atoms with Gasteiger partial charge in [-0.2, -0.15) is 13.1 Å². The lowest BCUT2D eigenvalue weighted by Gasteiger charge is -2.10. The van der Waals surface area contributed by atoms with E-state index in [0.29, 0.717) is 5.56 Å². The average Bonchev–Trinajstić information content (AvgIpc) is 3.13. The van der Waals surface area contributed by atoms with Crippen molar-refractivity contribution >= 4 is 33.3 Å². The van der Waals surface area contributed by atoms with Crippen molar-refractivity contribution in [3.63, 3.8) is 0 Å². The summed E-state index contributed by atoms with van der Waals surface area (Å²) in [5.74, 6) is -0.104. The van der Waals surface area contributed by atoms with E-state index < -0.39 is 10.2 Å². The maximum atomic E-state index is 11.7. The molecule has 0 aromatic heterocycles. The molecule has 0 aliphatic heterocycles. The normalized spacial score (nSPS) is 16.4. The van der Waals surface area contributed by atoms with E-state index in [-0.39, 0.29) is 22.6 Å². The molecule has 1 aromatic rings. The summed E-state index contributed by atoms with van der Waals surface area (Å²) in [6.07, 6.45) is 1.69. The van der Waals surface area contributed by atoms with Crippen molar-refractivity contribution in [2.75, 3.05) is 4.72 Å². The van der Waals surface area contributed by atoms with Crippen LogP contribution in [0.4, 0.5) is 5.69 Å². The molecule has 0 amide bonds. The molecular formula is C10H13ClN4O3S. The SMILES string of the molecule is N/C(=N/O)c1ccc(NS(=O)(=O)NC2CC2)c(Cl)c1. The van der Waals surface area contributed by atoms with Gasteiger partial charge in [0.25, 0.3) is 10.2 Å². The van der Waals surface area contributed by atoms with E-state index >= 15 is 0 Å². The number of rotatable bonds is 5. The van der Waals surface area contributed by atoms with E-state index in [4.69, 9.17) is 22.5 Å². The van der Waals surface area contributed by atoms with Crippen LogP contribution in [0.5, 0.6) is 0 Å². The van der Waals surface area contributed by atoms with E-state index in [9.17, 15) is 8.42 Å². The standard InChI is InChI=1S/C10H13ClN4O3S/c11-8-5-6(10(12)13-16)1-4-9(8)15-19(17,18)14-7-2-3-7/h1,4-5,7,14-16H,2-3H2,(H2,12,13). The van der Waals surface area contributed by atoms with Gasteiger partial charge in [0, 0.05) is 11.6 Å². The summed E-state index contributed by atoms with van der Waals surface area (Å²) in [4.78, 5) is 0. The average molecular weight is 305 g/mol. The lowest BCUT2D eigenvalue weighted by Crippen LogP contribution is -2.31. The van der Waals surface area contributed by atoms with E-state index in [1.165, 1.54) is 18.2 Å². The Balaban J connectivity index is 2.17. The van der Waals surface area contributed by atoms with Crippen molar-refractivity contribution in [3.05, 3.63) is 28.8 Å². The maximum absolute atomic E-state index is 11.7. The molecule has 0 saturated heterocycles. The minimum Gasteiger partial charge on any atom is -0.409 e. The minimum absolute atomic E-state index is 0.00714. The lowest BCUT2D eigenvalue weighted by molar-refractivity contribution is 0.318. The second-order valence-electron chi connectivity index (χ2n) is 4.18. The predicted octanol–water partition coefficient (Wildman–Crippen LogP) is 0.843. The molecule has 1 aromatic carbocycles. The highest BCUT2D eigenvalue weighted by Crippen LogP contribution is 2.25. The molecule has 19 heavy (non-hydrogen) atoms. The van der Waals surface area contributed by atoms with Gasteiger partial charge in [-0.25, -0.2) is 0 Å². The third-order valence-corrected chi connectivity index (χ3v) is 3.96. The van der Waals surface area contributed by atoms with Crippen LogP contribution < -0.4 is 15.2 Å². The molecule has 1 fully saturated rings. The van der Waals surface area contributed by atoms with Gasteiger partial charge in [-0.15, -0.1) is 0 Å². The summed E-state index contributed by atoms with van der Waals surface area (Å²) in [5.41, 5.74) is 6.03. The molecule has 0 bridgehead atoms. The molecule has 0 heterocycles. The van der Waals surface area contributed by atoms with Crippen LogP contribution in [0.25, 0.3) is 0 Å². The molecular weight excluding hydrogens is 292 g/mol. The van der Waals surface area contributed by atoms with Crippen LogP contribution in [0.3, 0.4) is 0 Å². The molecule has 1 aliphatic carbocycles. The van der Waals surface area contributed by atoms with Crippen molar-refractivity contribution in [2.45, 2.75) is 18.9 Å². The smallest absolute Gasteiger partial charge is 0.299 e.